The van der Waals surface area contributed by atoms with Gasteiger partial charge in [-0.2, -0.15) is 0 Å². The van der Waals surface area contributed by atoms with Gasteiger partial charge in [0.15, 0.2) is 0 Å². The number of allylic oxidation sites excluding steroid dienone is 2. The van der Waals surface area contributed by atoms with E-state index in [1.54, 1.807) is 5.57 Å². The van der Waals surface area contributed by atoms with Gasteiger partial charge in [-0.05, 0) is 31.6 Å². The molecule has 0 bridgehead atoms. The van der Waals surface area contributed by atoms with Crippen molar-refractivity contribution >= 4 is 5.71 Å². The summed E-state index contributed by atoms with van der Waals surface area (Å²) in [6, 6.07) is 0. The maximum absolute atomic E-state index is 4.46. The molecule has 0 aromatic rings. The Morgan fingerprint density at radius 1 is 1.53 bits per heavy atom. The Balaban J connectivity index is 2.77. The van der Waals surface area contributed by atoms with Gasteiger partial charge < -0.3 is 0 Å². The molecular weight excluding hydrogens is 182 g/mol. The first-order chi connectivity index (χ1) is 7.01. The molecule has 1 nitrogen and oxygen atoms in total. The van der Waals surface area contributed by atoms with Crippen LogP contribution in [0.3, 0.4) is 0 Å². The van der Waals surface area contributed by atoms with E-state index in [0.29, 0.717) is 11.3 Å². The lowest BCUT2D eigenvalue weighted by Gasteiger charge is -2.24. The van der Waals surface area contributed by atoms with Gasteiger partial charge >= 0.3 is 0 Å². The van der Waals surface area contributed by atoms with Crippen molar-refractivity contribution < 1.29 is 0 Å². The molecule has 0 N–H and O–H groups in total. The molecule has 1 aliphatic carbocycles. The van der Waals surface area contributed by atoms with Gasteiger partial charge in [-0.15, -0.1) is 0 Å². The fourth-order valence-corrected chi connectivity index (χ4v) is 2.83. The Morgan fingerprint density at radius 2 is 2.20 bits per heavy atom. The van der Waals surface area contributed by atoms with E-state index in [4.69, 9.17) is 0 Å². The third-order valence-electron chi connectivity index (χ3n) is 3.49. The van der Waals surface area contributed by atoms with Crippen LogP contribution < -0.4 is 0 Å². The standard InChI is InChI=1S/C14H25N/c1-6-13(15-5)14(4)8-7-12(10-14)9-11(2)3/h9,11H,6-8,10H2,1-5H3/b12-9+,15-13-. The second kappa shape index (κ2) is 4.96. The Hall–Kier alpha value is -0.590. The summed E-state index contributed by atoms with van der Waals surface area (Å²) < 4.78 is 0. The van der Waals surface area contributed by atoms with E-state index in [9.17, 15) is 0 Å². The van der Waals surface area contributed by atoms with Gasteiger partial charge in [0.1, 0.15) is 0 Å². The molecule has 0 saturated heterocycles. The first-order valence-electron chi connectivity index (χ1n) is 6.17. The topological polar surface area (TPSA) is 12.4 Å². The van der Waals surface area contributed by atoms with Crippen LogP contribution in [0.4, 0.5) is 0 Å². The smallest absolute Gasteiger partial charge is 0.0276 e. The summed E-state index contributed by atoms with van der Waals surface area (Å²) >= 11 is 0. The fourth-order valence-electron chi connectivity index (χ4n) is 2.83. The van der Waals surface area contributed by atoms with Gasteiger partial charge in [-0.3, -0.25) is 4.99 Å². The molecule has 1 saturated carbocycles. The monoisotopic (exact) mass is 207 g/mol. The van der Waals surface area contributed by atoms with E-state index in [-0.39, 0.29) is 0 Å². The Labute approximate surface area is 94.7 Å². The Bertz CT molecular complexity index is 273. The zero-order chi connectivity index (χ0) is 11.5. The van der Waals surface area contributed by atoms with Crippen molar-refractivity contribution in [2.24, 2.45) is 16.3 Å². The molecule has 0 radical (unpaired) electrons. The normalized spacial score (nSPS) is 30.5. The first-order valence-corrected chi connectivity index (χ1v) is 6.17. The predicted molar refractivity (Wildman–Crippen MR) is 68.5 cm³/mol. The summed E-state index contributed by atoms with van der Waals surface area (Å²) in [4.78, 5) is 4.46. The van der Waals surface area contributed by atoms with Crippen LogP contribution in [0, 0.1) is 11.3 Å². The van der Waals surface area contributed by atoms with Crippen LogP contribution in [0.2, 0.25) is 0 Å². The van der Waals surface area contributed by atoms with Crippen molar-refractivity contribution in [3.8, 4) is 0 Å². The highest BCUT2D eigenvalue weighted by atomic mass is 14.7. The second-order valence-electron chi connectivity index (χ2n) is 5.33. The quantitative estimate of drug-likeness (QED) is 0.485. The summed E-state index contributed by atoms with van der Waals surface area (Å²) in [6.45, 7) is 9.12. The van der Waals surface area contributed by atoms with Crippen LogP contribution in [0.25, 0.3) is 0 Å². The zero-order valence-electron chi connectivity index (χ0n) is 10.9. The van der Waals surface area contributed by atoms with Crippen molar-refractivity contribution in [3.05, 3.63) is 11.6 Å². The van der Waals surface area contributed by atoms with Gasteiger partial charge in [0, 0.05) is 18.2 Å². The van der Waals surface area contributed by atoms with E-state index in [1.807, 2.05) is 7.05 Å². The maximum Gasteiger partial charge on any atom is 0.0276 e. The van der Waals surface area contributed by atoms with Gasteiger partial charge in [0.05, 0.1) is 0 Å². The molecule has 0 aliphatic heterocycles. The number of hydrogen-bond acceptors (Lipinski definition) is 1. The average molecular weight is 207 g/mol. The third kappa shape index (κ3) is 2.93. The third-order valence-corrected chi connectivity index (χ3v) is 3.49. The van der Waals surface area contributed by atoms with Crippen LogP contribution in [0.15, 0.2) is 16.6 Å². The highest BCUT2D eigenvalue weighted by molar-refractivity contribution is 5.90. The minimum Gasteiger partial charge on any atom is -0.297 e. The van der Waals surface area contributed by atoms with E-state index in [1.165, 1.54) is 25.0 Å². The molecule has 15 heavy (non-hydrogen) atoms. The fraction of sp³-hybridized carbons (Fsp3) is 0.786. The molecule has 1 atom stereocenters. The summed E-state index contributed by atoms with van der Waals surface area (Å²) in [5.41, 5.74) is 3.39. The number of aliphatic imine (C=N–C) groups is 1. The molecule has 0 amide bonds. The van der Waals surface area contributed by atoms with Crippen LogP contribution in [-0.2, 0) is 0 Å². The molecule has 0 aromatic heterocycles. The molecule has 1 unspecified atom stereocenters. The maximum atomic E-state index is 4.46. The van der Waals surface area contributed by atoms with Crippen molar-refractivity contribution in [3.63, 3.8) is 0 Å². The molecular formula is C14H25N. The molecule has 1 fully saturated rings. The van der Waals surface area contributed by atoms with Gasteiger partial charge in [0.25, 0.3) is 0 Å². The van der Waals surface area contributed by atoms with Gasteiger partial charge in [-0.25, -0.2) is 0 Å². The highest BCUT2D eigenvalue weighted by Crippen LogP contribution is 2.43. The summed E-state index contributed by atoms with van der Waals surface area (Å²) in [5.74, 6) is 0.686. The Morgan fingerprint density at radius 3 is 2.67 bits per heavy atom. The summed E-state index contributed by atoms with van der Waals surface area (Å²) in [5, 5.41) is 0. The lowest BCUT2D eigenvalue weighted by atomic mass is 9.81. The van der Waals surface area contributed by atoms with E-state index >= 15 is 0 Å². The molecule has 0 spiro atoms. The van der Waals surface area contributed by atoms with Gasteiger partial charge in [0.2, 0.25) is 0 Å². The minimum absolute atomic E-state index is 0.351. The van der Waals surface area contributed by atoms with E-state index < -0.39 is 0 Å². The van der Waals surface area contributed by atoms with Crippen LogP contribution in [0.1, 0.15) is 53.4 Å². The van der Waals surface area contributed by atoms with Crippen LogP contribution in [-0.4, -0.2) is 12.8 Å². The first kappa shape index (κ1) is 12.5. The number of rotatable bonds is 3. The van der Waals surface area contributed by atoms with Gasteiger partial charge in [-0.1, -0.05) is 39.3 Å². The SMILES string of the molecule is CC/C(=N/C)C1(C)CC/C(=C\C(C)C)C1. The largest absolute Gasteiger partial charge is 0.297 e. The van der Waals surface area contributed by atoms with E-state index in [0.717, 1.165) is 6.42 Å². The minimum atomic E-state index is 0.351. The molecule has 0 heterocycles. The van der Waals surface area contributed by atoms with Crippen molar-refractivity contribution in [2.75, 3.05) is 7.05 Å². The molecule has 1 aliphatic rings. The average Bonchev–Trinajstić information content (AvgIpc) is 2.49. The second-order valence-corrected chi connectivity index (χ2v) is 5.33. The lowest BCUT2D eigenvalue weighted by molar-refractivity contribution is 0.486. The summed E-state index contributed by atoms with van der Waals surface area (Å²) in [7, 11) is 1.94. The summed E-state index contributed by atoms with van der Waals surface area (Å²) in [6.07, 6.45) is 7.32. The molecule has 86 valence electrons. The van der Waals surface area contributed by atoms with Crippen LogP contribution >= 0.6 is 0 Å². The zero-order valence-corrected chi connectivity index (χ0v) is 10.9. The number of hydrogen-bond donors (Lipinski definition) is 0. The predicted octanol–water partition coefficient (Wildman–Crippen LogP) is 4.24. The number of nitrogens with zero attached hydrogens (tertiary/aromatic N) is 1. The van der Waals surface area contributed by atoms with E-state index in [2.05, 4.69) is 38.8 Å². The Kier molecular flexibility index (Phi) is 4.12. The van der Waals surface area contributed by atoms with Crippen molar-refractivity contribution in [2.45, 2.75) is 53.4 Å². The molecule has 1 rings (SSSR count). The highest BCUT2D eigenvalue weighted by Gasteiger charge is 2.35. The molecule has 0 aromatic carbocycles. The van der Waals surface area contributed by atoms with Crippen LogP contribution in [0.5, 0.6) is 0 Å². The van der Waals surface area contributed by atoms with Crippen molar-refractivity contribution in [1.29, 1.82) is 0 Å². The van der Waals surface area contributed by atoms with Crippen molar-refractivity contribution in [1.82, 2.24) is 0 Å². The lowest BCUT2D eigenvalue weighted by Crippen LogP contribution is -2.23. The molecule has 1 heteroatoms.